The molecule has 0 aliphatic rings. The fourth-order valence-corrected chi connectivity index (χ4v) is 1.62. The first-order valence-corrected chi connectivity index (χ1v) is 5.76. The minimum Gasteiger partial charge on any atom is -0.302 e. The monoisotopic (exact) mass is 221 g/mol. The number of hydrogen-bond donors (Lipinski definition) is 0. The van der Waals surface area contributed by atoms with Gasteiger partial charge in [0.25, 0.3) is 0 Å². The van der Waals surface area contributed by atoms with Crippen molar-refractivity contribution in [3.05, 3.63) is 34.9 Å². The Hall–Kier alpha value is -1.15. The predicted octanol–water partition coefficient (Wildman–Crippen LogP) is 3.07. The van der Waals surface area contributed by atoms with E-state index < -0.39 is 0 Å². The first-order chi connectivity index (χ1) is 7.52. The lowest BCUT2D eigenvalue weighted by atomic mass is 9.99. The topological polar surface area (TPSA) is 20.3 Å². The van der Waals surface area contributed by atoms with E-state index in [0.717, 1.165) is 16.7 Å². The molecule has 0 aliphatic heterocycles. The highest BCUT2D eigenvalue weighted by atomic mass is 16.1. The third-order valence-corrected chi connectivity index (χ3v) is 2.22. The minimum atomic E-state index is 0.200. The minimum absolute atomic E-state index is 0.200. The molecular weight excluding hydrogens is 198 g/mol. The average molecular weight is 221 g/mol. The molecule has 0 saturated carbocycles. The lowest BCUT2D eigenvalue weighted by Crippen LogP contribution is -2.22. The highest BCUT2D eigenvalue weighted by Crippen LogP contribution is 2.13. The molecule has 0 radical (unpaired) electrons. The van der Waals surface area contributed by atoms with E-state index in [1.807, 2.05) is 64.9 Å². The highest BCUT2D eigenvalue weighted by Gasteiger charge is 2.11. The van der Waals surface area contributed by atoms with E-state index in [9.17, 15) is 4.79 Å². The van der Waals surface area contributed by atoms with Crippen LogP contribution < -0.4 is 0 Å². The van der Waals surface area contributed by atoms with Crippen molar-refractivity contribution in [2.75, 3.05) is 20.6 Å². The van der Waals surface area contributed by atoms with E-state index in [0.29, 0.717) is 6.54 Å². The molecule has 0 amide bonds. The molecule has 16 heavy (non-hydrogen) atoms. The average Bonchev–Trinajstić information content (AvgIpc) is 2.19. The molecule has 0 heterocycles. The molecule has 0 atom stereocenters. The summed E-state index contributed by atoms with van der Waals surface area (Å²) in [4.78, 5) is 13.8. The van der Waals surface area contributed by atoms with E-state index in [1.165, 1.54) is 0 Å². The van der Waals surface area contributed by atoms with E-state index in [-0.39, 0.29) is 5.78 Å². The normalized spacial score (nSPS) is 9.69. The molecule has 0 aromatic heterocycles. The van der Waals surface area contributed by atoms with Crippen LogP contribution in [0.3, 0.4) is 0 Å². The number of rotatable bonds is 3. The van der Waals surface area contributed by atoms with Gasteiger partial charge >= 0.3 is 0 Å². The largest absolute Gasteiger partial charge is 0.302 e. The van der Waals surface area contributed by atoms with Crippen molar-refractivity contribution in [3.63, 3.8) is 0 Å². The summed E-state index contributed by atoms with van der Waals surface area (Å²) in [5.41, 5.74) is 3.01. The van der Waals surface area contributed by atoms with Crippen LogP contribution in [0.5, 0.6) is 0 Å². The first-order valence-electron chi connectivity index (χ1n) is 5.76. The summed E-state index contributed by atoms with van der Waals surface area (Å²) in [6.45, 7) is 8.44. The third kappa shape index (κ3) is 4.15. The molecule has 1 aromatic rings. The summed E-state index contributed by atoms with van der Waals surface area (Å²) in [6.07, 6.45) is 0. The zero-order valence-electron chi connectivity index (χ0n) is 11.3. The van der Waals surface area contributed by atoms with Gasteiger partial charge in [-0.15, -0.1) is 0 Å². The van der Waals surface area contributed by atoms with Gasteiger partial charge in [-0.25, -0.2) is 0 Å². The van der Waals surface area contributed by atoms with Crippen LogP contribution in [0.4, 0.5) is 0 Å². The Labute approximate surface area is 99.3 Å². The number of aryl methyl sites for hydroxylation is 2. The summed E-state index contributed by atoms with van der Waals surface area (Å²) in [7, 11) is 3.82. The van der Waals surface area contributed by atoms with Crippen LogP contribution >= 0.6 is 0 Å². The second-order valence-electron chi connectivity index (χ2n) is 3.93. The lowest BCUT2D eigenvalue weighted by Gasteiger charge is -2.12. The summed E-state index contributed by atoms with van der Waals surface area (Å²) in [6, 6.07) is 5.95. The number of benzene rings is 1. The molecule has 0 bridgehead atoms. The summed E-state index contributed by atoms with van der Waals surface area (Å²) >= 11 is 0. The van der Waals surface area contributed by atoms with Crippen LogP contribution in [0.25, 0.3) is 0 Å². The Morgan fingerprint density at radius 1 is 1.12 bits per heavy atom. The number of carbonyl (C=O) groups is 1. The van der Waals surface area contributed by atoms with Gasteiger partial charge in [-0.1, -0.05) is 32.0 Å². The zero-order valence-corrected chi connectivity index (χ0v) is 11.3. The van der Waals surface area contributed by atoms with Crippen LogP contribution in [0.15, 0.2) is 18.2 Å². The quantitative estimate of drug-likeness (QED) is 0.731. The van der Waals surface area contributed by atoms with Gasteiger partial charge in [0.2, 0.25) is 0 Å². The molecular formula is C14H23NO. The van der Waals surface area contributed by atoms with Gasteiger partial charge in [0.15, 0.2) is 5.78 Å². The zero-order chi connectivity index (χ0) is 12.7. The maximum atomic E-state index is 11.9. The second kappa shape index (κ2) is 7.18. The number of Topliss-reactive ketones (excluding diaryl/α,β-unsaturated/α-hetero) is 1. The van der Waals surface area contributed by atoms with E-state index in [1.54, 1.807) is 0 Å². The third-order valence-electron chi connectivity index (χ3n) is 2.22. The van der Waals surface area contributed by atoms with Crippen LogP contribution in [0.1, 0.15) is 35.3 Å². The van der Waals surface area contributed by atoms with Crippen molar-refractivity contribution in [2.45, 2.75) is 27.7 Å². The molecule has 2 nitrogen and oxygen atoms in total. The van der Waals surface area contributed by atoms with Crippen LogP contribution in [-0.2, 0) is 0 Å². The van der Waals surface area contributed by atoms with Gasteiger partial charge < -0.3 is 4.90 Å². The van der Waals surface area contributed by atoms with Gasteiger partial charge in [0.05, 0.1) is 6.54 Å². The van der Waals surface area contributed by atoms with Gasteiger partial charge in [-0.3, -0.25) is 4.79 Å². The number of carbonyl (C=O) groups excluding carboxylic acids is 1. The molecule has 0 unspecified atom stereocenters. The molecule has 0 fully saturated rings. The molecule has 0 spiro atoms. The van der Waals surface area contributed by atoms with Crippen LogP contribution in [0, 0.1) is 13.8 Å². The van der Waals surface area contributed by atoms with Crippen molar-refractivity contribution in [3.8, 4) is 0 Å². The fraction of sp³-hybridized carbons (Fsp3) is 0.500. The molecule has 0 aliphatic carbocycles. The van der Waals surface area contributed by atoms with Crippen molar-refractivity contribution in [1.82, 2.24) is 4.90 Å². The van der Waals surface area contributed by atoms with Crippen molar-refractivity contribution in [1.29, 1.82) is 0 Å². The van der Waals surface area contributed by atoms with E-state index in [4.69, 9.17) is 0 Å². The summed E-state index contributed by atoms with van der Waals surface area (Å²) < 4.78 is 0. The first kappa shape index (κ1) is 14.8. The molecule has 0 N–H and O–H groups in total. The van der Waals surface area contributed by atoms with Gasteiger partial charge in [-0.2, -0.15) is 0 Å². The Bertz CT molecular complexity index is 322. The Kier molecular flexibility index (Phi) is 6.66. The van der Waals surface area contributed by atoms with Crippen molar-refractivity contribution < 1.29 is 4.79 Å². The smallest absolute Gasteiger partial charge is 0.177 e. The second-order valence-corrected chi connectivity index (χ2v) is 3.93. The Morgan fingerprint density at radius 2 is 1.56 bits per heavy atom. The Balaban J connectivity index is 0.00000106. The maximum absolute atomic E-state index is 11.9. The summed E-state index contributed by atoms with van der Waals surface area (Å²) in [5, 5.41) is 0. The van der Waals surface area contributed by atoms with Crippen molar-refractivity contribution in [2.24, 2.45) is 0 Å². The maximum Gasteiger partial charge on any atom is 0.177 e. The van der Waals surface area contributed by atoms with Crippen LogP contribution in [0.2, 0.25) is 0 Å². The lowest BCUT2D eigenvalue weighted by molar-refractivity contribution is 0.0956. The van der Waals surface area contributed by atoms with E-state index in [2.05, 4.69) is 0 Å². The SMILES string of the molecule is CC.Cc1cccc(C)c1C(=O)CN(C)C. The molecule has 1 rings (SSSR count). The van der Waals surface area contributed by atoms with Gasteiger partial charge in [-0.05, 0) is 39.1 Å². The van der Waals surface area contributed by atoms with E-state index >= 15 is 0 Å². The number of nitrogens with zero attached hydrogens (tertiary/aromatic N) is 1. The molecule has 90 valence electrons. The Morgan fingerprint density at radius 3 is 1.94 bits per heavy atom. The number of hydrogen-bond acceptors (Lipinski definition) is 2. The summed E-state index contributed by atoms with van der Waals surface area (Å²) in [5.74, 6) is 0.200. The number of likely N-dealkylation sites (N-methyl/N-ethyl adjacent to an activating group) is 1. The standard InChI is InChI=1S/C12H17NO.C2H6/c1-9-6-5-7-10(2)12(9)11(14)8-13(3)4;1-2/h5-7H,8H2,1-4H3;1-2H3. The predicted molar refractivity (Wildman–Crippen MR) is 70.1 cm³/mol. The number of ketones is 1. The van der Waals surface area contributed by atoms with Gasteiger partial charge in [0, 0.05) is 5.56 Å². The molecule has 0 saturated heterocycles. The molecule has 2 heteroatoms. The highest BCUT2D eigenvalue weighted by molar-refractivity contribution is 6.00. The fourth-order valence-electron chi connectivity index (χ4n) is 1.62. The van der Waals surface area contributed by atoms with Crippen LogP contribution in [-0.4, -0.2) is 31.3 Å². The van der Waals surface area contributed by atoms with Gasteiger partial charge in [0.1, 0.15) is 0 Å². The molecule has 1 aromatic carbocycles. The van der Waals surface area contributed by atoms with Crippen molar-refractivity contribution >= 4 is 5.78 Å².